The molecule has 0 aliphatic carbocycles. The van der Waals surface area contributed by atoms with Crippen LogP contribution in [0.25, 0.3) is 0 Å². The van der Waals surface area contributed by atoms with Crippen LogP contribution in [0, 0.1) is 0 Å². The second-order valence-corrected chi connectivity index (χ2v) is 7.02. The summed E-state index contributed by atoms with van der Waals surface area (Å²) in [5.41, 5.74) is 2.20. The fourth-order valence-corrected chi connectivity index (χ4v) is 2.87. The number of aliphatic hydroxyl groups excluding tert-OH is 1. The zero-order chi connectivity index (χ0) is 17.9. The van der Waals surface area contributed by atoms with Crippen LogP contribution in [0.5, 0.6) is 5.75 Å². The first-order chi connectivity index (χ1) is 12.2. The highest BCUT2D eigenvalue weighted by molar-refractivity contribution is 9.10. The van der Waals surface area contributed by atoms with Gasteiger partial charge in [-0.1, -0.05) is 39.7 Å². The van der Waals surface area contributed by atoms with E-state index in [0.29, 0.717) is 13.2 Å². The SMILES string of the molecule is OCCNCCCNCc1cc(Br)ccc1OCc1ccc(Cl)cc1. The topological polar surface area (TPSA) is 53.5 Å². The van der Waals surface area contributed by atoms with Gasteiger partial charge >= 0.3 is 0 Å². The van der Waals surface area contributed by atoms with Gasteiger partial charge in [-0.25, -0.2) is 0 Å². The molecule has 2 rings (SSSR count). The average molecular weight is 428 g/mol. The average Bonchev–Trinajstić information content (AvgIpc) is 2.61. The molecule has 0 bridgehead atoms. The first kappa shape index (κ1) is 20.2. The molecule has 6 heteroatoms. The Morgan fingerprint density at radius 1 is 1.00 bits per heavy atom. The van der Waals surface area contributed by atoms with Gasteiger partial charge < -0.3 is 20.5 Å². The molecule has 4 nitrogen and oxygen atoms in total. The number of rotatable bonds is 11. The lowest BCUT2D eigenvalue weighted by molar-refractivity contribution is 0.292. The standard InChI is InChI=1S/C19H24BrClN2O2/c20-17-4-7-19(25-14-15-2-5-18(21)6-3-15)16(12-17)13-23-9-1-8-22-10-11-24/h2-7,12,22-24H,1,8-11,13-14H2. The monoisotopic (exact) mass is 426 g/mol. The smallest absolute Gasteiger partial charge is 0.124 e. The summed E-state index contributed by atoms with van der Waals surface area (Å²) in [5, 5.41) is 16.0. The zero-order valence-corrected chi connectivity index (χ0v) is 16.4. The second kappa shape index (κ2) is 11.5. The Morgan fingerprint density at radius 3 is 2.52 bits per heavy atom. The van der Waals surface area contributed by atoms with E-state index < -0.39 is 0 Å². The molecule has 0 saturated carbocycles. The molecule has 0 aliphatic rings. The molecule has 136 valence electrons. The third-order valence-corrected chi connectivity index (χ3v) is 4.39. The third kappa shape index (κ3) is 7.75. The van der Waals surface area contributed by atoms with Gasteiger partial charge in [0.2, 0.25) is 0 Å². The van der Waals surface area contributed by atoms with Crippen molar-refractivity contribution >= 4 is 27.5 Å². The van der Waals surface area contributed by atoms with Crippen molar-refractivity contribution in [3.05, 3.63) is 63.1 Å². The summed E-state index contributed by atoms with van der Waals surface area (Å²) in [7, 11) is 0. The molecule has 2 aromatic carbocycles. The van der Waals surface area contributed by atoms with Gasteiger partial charge in [0.1, 0.15) is 12.4 Å². The Hall–Kier alpha value is -1.11. The van der Waals surface area contributed by atoms with Crippen molar-refractivity contribution in [1.29, 1.82) is 0 Å². The van der Waals surface area contributed by atoms with Crippen molar-refractivity contribution in [2.45, 2.75) is 19.6 Å². The number of aliphatic hydroxyl groups is 1. The van der Waals surface area contributed by atoms with Crippen LogP contribution < -0.4 is 15.4 Å². The predicted octanol–water partition coefficient (Wildman–Crippen LogP) is 3.74. The van der Waals surface area contributed by atoms with E-state index in [1.54, 1.807) is 0 Å². The van der Waals surface area contributed by atoms with Crippen molar-refractivity contribution in [3.8, 4) is 5.75 Å². The van der Waals surface area contributed by atoms with Crippen LogP contribution in [0.4, 0.5) is 0 Å². The maximum absolute atomic E-state index is 8.72. The van der Waals surface area contributed by atoms with Crippen LogP contribution in [0.15, 0.2) is 46.9 Å². The molecule has 0 atom stereocenters. The fraction of sp³-hybridized carbons (Fsp3) is 0.368. The molecular formula is C19H24BrClN2O2. The van der Waals surface area contributed by atoms with Crippen LogP contribution in [0.2, 0.25) is 5.02 Å². The van der Waals surface area contributed by atoms with Gasteiger partial charge in [0.15, 0.2) is 0 Å². The summed E-state index contributed by atoms with van der Waals surface area (Å²) in [6.45, 7) is 3.88. The molecule has 0 aliphatic heterocycles. The number of benzene rings is 2. The third-order valence-electron chi connectivity index (χ3n) is 3.64. The normalized spacial score (nSPS) is 10.8. The largest absolute Gasteiger partial charge is 0.489 e. The Kier molecular flexibility index (Phi) is 9.29. The Labute approximate surface area is 162 Å². The molecule has 0 unspecified atom stereocenters. The van der Waals surface area contributed by atoms with Gasteiger partial charge in [-0.3, -0.25) is 0 Å². The minimum absolute atomic E-state index is 0.180. The van der Waals surface area contributed by atoms with Crippen LogP contribution in [-0.4, -0.2) is 31.3 Å². The molecule has 25 heavy (non-hydrogen) atoms. The van der Waals surface area contributed by atoms with E-state index in [-0.39, 0.29) is 6.61 Å². The Bertz CT molecular complexity index is 638. The highest BCUT2D eigenvalue weighted by Gasteiger charge is 2.05. The molecule has 0 aromatic heterocycles. The molecule has 0 fully saturated rings. The Balaban J connectivity index is 1.83. The number of hydrogen-bond acceptors (Lipinski definition) is 4. The summed E-state index contributed by atoms with van der Waals surface area (Å²) < 4.78 is 7.02. The minimum atomic E-state index is 0.180. The summed E-state index contributed by atoms with van der Waals surface area (Å²) >= 11 is 9.43. The molecular weight excluding hydrogens is 404 g/mol. The van der Waals surface area contributed by atoms with Gasteiger partial charge in [0.25, 0.3) is 0 Å². The first-order valence-electron chi connectivity index (χ1n) is 8.37. The van der Waals surface area contributed by atoms with Gasteiger partial charge in [0.05, 0.1) is 6.61 Å². The van der Waals surface area contributed by atoms with Crippen molar-refractivity contribution in [2.24, 2.45) is 0 Å². The molecule has 0 radical (unpaired) electrons. The number of hydrogen-bond donors (Lipinski definition) is 3. The summed E-state index contributed by atoms with van der Waals surface area (Å²) in [6.07, 6.45) is 1.01. The molecule has 0 heterocycles. The van der Waals surface area contributed by atoms with E-state index in [1.165, 1.54) is 0 Å². The van der Waals surface area contributed by atoms with E-state index in [4.69, 9.17) is 21.4 Å². The van der Waals surface area contributed by atoms with Crippen LogP contribution in [0.3, 0.4) is 0 Å². The van der Waals surface area contributed by atoms with Gasteiger partial charge in [-0.05, 0) is 55.4 Å². The van der Waals surface area contributed by atoms with Gasteiger partial charge in [-0.15, -0.1) is 0 Å². The Morgan fingerprint density at radius 2 is 1.76 bits per heavy atom. The van der Waals surface area contributed by atoms with Gasteiger partial charge in [-0.2, -0.15) is 0 Å². The van der Waals surface area contributed by atoms with Crippen molar-refractivity contribution in [2.75, 3.05) is 26.2 Å². The molecule has 2 aromatic rings. The molecule has 0 saturated heterocycles. The summed E-state index contributed by atoms with van der Waals surface area (Å²) in [6, 6.07) is 13.7. The van der Waals surface area contributed by atoms with E-state index >= 15 is 0 Å². The predicted molar refractivity (Wildman–Crippen MR) is 106 cm³/mol. The lowest BCUT2D eigenvalue weighted by Gasteiger charge is -2.13. The molecule has 0 spiro atoms. The zero-order valence-electron chi connectivity index (χ0n) is 14.1. The number of nitrogens with one attached hydrogen (secondary N) is 2. The van der Waals surface area contributed by atoms with E-state index in [2.05, 4.69) is 32.6 Å². The highest BCUT2D eigenvalue weighted by Crippen LogP contribution is 2.24. The highest BCUT2D eigenvalue weighted by atomic mass is 79.9. The van der Waals surface area contributed by atoms with E-state index in [9.17, 15) is 0 Å². The van der Waals surface area contributed by atoms with Crippen molar-refractivity contribution in [3.63, 3.8) is 0 Å². The maximum atomic E-state index is 8.72. The maximum Gasteiger partial charge on any atom is 0.124 e. The quantitative estimate of drug-likeness (QED) is 0.478. The lowest BCUT2D eigenvalue weighted by atomic mass is 10.2. The van der Waals surface area contributed by atoms with Crippen LogP contribution in [0.1, 0.15) is 17.5 Å². The van der Waals surface area contributed by atoms with Gasteiger partial charge in [0, 0.05) is 28.1 Å². The number of ether oxygens (including phenoxy) is 1. The first-order valence-corrected chi connectivity index (χ1v) is 9.54. The molecule has 3 N–H and O–H groups in total. The summed E-state index contributed by atoms with van der Waals surface area (Å²) in [5.74, 6) is 0.879. The lowest BCUT2D eigenvalue weighted by Crippen LogP contribution is -2.24. The fourth-order valence-electron chi connectivity index (χ4n) is 2.33. The van der Waals surface area contributed by atoms with Crippen molar-refractivity contribution in [1.82, 2.24) is 10.6 Å². The van der Waals surface area contributed by atoms with E-state index in [1.807, 2.05) is 36.4 Å². The van der Waals surface area contributed by atoms with Crippen molar-refractivity contribution < 1.29 is 9.84 Å². The number of halogens is 2. The second-order valence-electron chi connectivity index (χ2n) is 5.67. The summed E-state index contributed by atoms with van der Waals surface area (Å²) in [4.78, 5) is 0. The van der Waals surface area contributed by atoms with Crippen LogP contribution in [-0.2, 0) is 13.2 Å². The minimum Gasteiger partial charge on any atom is -0.489 e. The van der Waals surface area contributed by atoms with E-state index in [0.717, 1.165) is 52.4 Å². The molecule has 0 amide bonds. The van der Waals surface area contributed by atoms with Crippen LogP contribution >= 0.6 is 27.5 Å².